The van der Waals surface area contributed by atoms with Crippen LogP contribution in [0, 0.1) is 5.92 Å². The van der Waals surface area contributed by atoms with Crippen molar-refractivity contribution in [2.45, 2.75) is 57.1 Å². The third kappa shape index (κ3) is 4.43. The van der Waals surface area contributed by atoms with Crippen molar-refractivity contribution in [3.8, 4) is 0 Å². The van der Waals surface area contributed by atoms with Crippen LogP contribution >= 0.6 is 0 Å². The maximum atomic E-state index is 11.2. The molecule has 1 aliphatic heterocycles. The molecule has 0 radical (unpaired) electrons. The highest BCUT2D eigenvalue weighted by molar-refractivity contribution is 7.90. The lowest BCUT2D eigenvalue weighted by atomic mass is 9.80. The van der Waals surface area contributed by atoms with Crippen LogP contribution in [0.4, 0.5) is 0 Å². The van der Waals surface area contributed by atoms with Gasteiger partial charge in [-0.2, -0.15) is 0 Å². The molecule has 0 aromatic heterocycles. The van der Waals surface area contributed by atoms with Crippen LogP contribution in [-0.2, 0) is 9.84 Å². The van der Waals surface area contributed by atoms with E-state index in [9.17, 15) is 13.5 Å². The van der Waals surface area contributed by atoms with E-state index in [1.165, 1.54) is 25.5 Å². The standard InChI is InChI=1S/C14H27NO3S/c1-19(17,18)11-5-10-15-9-4-7-13(15)12-6-2-3-8-14(12)16/h12-14,16H,2-11H2,1H3. The molecule has 0 aromatic carbocycles. The van der Waals surface area contributed by atoms with E-state index in [1.54, 1.807) is 0 Å². The lowest BCUT2D eigenvalue weighted by Gasteiger charge is -2.37. The van der Waals surface area contributed by atoms with E-state index in [0.717, 1.165) is 38.8 Å². The molecule has 5 heteroatoms. The van der Waals surface area contributed by atoms with Gasteiger partial charge in [-0.05, 0) is 45.2 Å². The third-order valence-corrected chi connectivity index (χ3v) is 5.68. The fraction of sp³-hybridized carbons (Fsp3) is 1.00. The number of nitrogens with zero attached hydrogens (tertiary/aromatic N) is 1. The summed E-state index contributed by atoms with van der Waals surface area (Å²) in [5.74, 6) is 0.693. The molecule has 3 unspecified atom stereocenters. The summed E-state index contributed by atoms with van der Waals surface area (Å²) < 4.78 is 22.4. The van der Waals surface area contributed by atoms with Crippen LogP contribution in [0.1, 0.15) is 44.9 Å². The normalized spacial score (nSPS) is 33.7. The molecule has 0 amide bonds. The van der Waals surface area contributed by atoms with Gasteiger partial charge < -0.3 is 5.11 Å². The molecule has 2 fully saturated rings. The lowest BCUT2D eigenvalue weighted by molar-refractivity contribution is 0.0223. The summed E-state index contributed by atoms with van der Waals surface area (Å²) in [7, 11) is -2.84. The smallest absolute Gasteiger partial charge is 0.147 e. The van der Waals surface area contributed by atoms with Crippen LogP contribution in [0.15, 0.2) is 0 Å². The summed E-state index contributed by atoms with van der Waals surface area (Å²) in [6, 6.07) is 0.481. The minimum atomic E-state index is -2.84. The van der Waals surface area contributed by atoms with Crippen LogP contribution in [0.2, 0.25) is 0 Å². The third-order valence-electron chi connectivity index (χ3n) is 4.65. The van der Waals surface area contributed by atoms with Crippen molar-refractivity contribution in [3.63, 3.8) is 0 Å². The predicted molar refractivity (Wildman–Crippen MR) is 76.9 cm³/mol. The first kappa shape index (κ1) is 15.3. The second-order valence-corrected chi connectivity index (χ2v) is 8.50. The molecular formula is C14H27NO3S. The van der Waals surface area contributed by atoms with Crippen LogP contribution in [0.3, 0.4) is 0 Å². The van der Waals surface area contributed by atoms with Gasteiger partial charge in [0.05, 0.1) is 11.9 Å². The highest BCUT2D eigenvalue weighted by Crippen LogP contribution is 2.34. The van der Waals surface area contributed by atoms with E-state index in [1.807, 2.05) is 0 Å². The average Bonchev–Trinajstić information content (AvgIpc) is 2.76. The number of aliphatic hydroxyl groups excluding tert-OH is 1. The van der Waals surface area contributed by atoms with Crippen LogP contribution in [-0.4, -0.2) is 55.7 Å². The minimum Gasteiger partial charge on any atom is -0.393 e. The average molecular weight is 289 g/mol. The Bertz CT molecular complexity index is 382. The Balaban J connectivity index is 1.86. The second kappa shape index (κ2) is 6.55. The molecule has 0 spiro atoms. The first-order chi connectivity index (χ1) is 8.97. The summed E-state index contributed by atoms with van der Waals surface area (Å²) >= 11 is 0. The van der Waals surface area contributed by atoms with Crippen LogP contribution in [0.5, 0.6) is 0 Å². The van der Waals surface area contributed by atoms with Crippen LogP contribution < -0.4 is 0 Å². The molecule has 2 aliphatic rings. The zero-order valence-electron chi connectivity index (χ0n) is 11.9. The van der Waals surface area contributed by atoms with Gasteiger partial charge in [-0.15, -0.1) is 0 Å². The molecule has 1 aliphatic carbocycles. The molecule has 19 heavy (non-hydrogen) atoms. The van der Waals surface area contributed by atoms with Crippen molar-refractivity contribution in [1.82, 2.24) is 4.90 Å². The van der Waals surface area contributed by atoms with Crippen LogP contribution in [0.25, 0.3) is 0 Å². The Morgan fingerprint density at radius 2 is 1.89 bits per heavy atom. The molecule has 0 aromatic rings. The number of hydrogen-bond acceptors (Lipinski definition) is 4. The van der Waals surface area contributed by atoms with Crippen molar-refractivity contribution in [2.24, 2.45) is 5.92 Å². The number of rotatable bonds is 5. The van der Waals surface area contributed by atoms with E-state index in [2.05, 4.69) is 4.90 Å². The first-order valence-electron chi connectivity index (χ1n) is 7.57. The maximum absolute atomic E-state index is 11.2. The predicted octanol–water partition coefficient (Wildman–Crippen LogP) is 1.44. The van der Waals surface area contributed by atoms with Crippen molar-refractivity contribution in [3.05, 3.63) is 0 Å². The number of aliphatic hydroxyl groups is 1. The molecule has 0 bridgehead atoms. The van der Waals surface area contributed by atoms with Gasteiger partial charge in [-0.1, -0.05) is 12.8 Å². The van der Waals surface area contributed by atoms with Gasteiger partial charge in [0.15, 0.2) is 0 Å². The summed E-state index contributed by atoms with van der Waals surface area (Å²) in [5, 5.41) is 10.2. The maximum Gasteiger partial charge on any atom is 0.147 e. The van der Waals surface area contributed by atoms with Gasteiger partial charge in [0.25, 0.3) is 0 Å². The van der Waals surface area contributed by atoms with Gasteiger partial charge in [0.2, 0.25) is 0 Å². The number of likely N-dealkylation sites (tertiary alicyclic amines) is 1. The lowest BCUT2D eigenvalue weighted by Crippen LogP contribution is -2.43. The topological polar surface area (TPSA) is 57.6 Å². The Labute approximate surface area is 117 Å². The van der Waals surface area contributed by atoms with E-state index < -0.39 is 9.84 Å². The van der Waals surface area contributed by atoms with Gasteiger partial charge in [-0.25, -0.2) is 8.42 Å². The highest BCUT2D eigenvalue weighted by atomic mass is 32.2. The molecule has 1 N–H and O–H groups in total. The Morgan fingerprint density at radius 1 is 1.16 bits per heavy atom. The van der Waals surface area contributed by atoms with Crippen molar-refractivity contribution in [1.29, 1.82) is 0 Å². The molecule has 4 nitrogen and oxygen atoms in total. The Morgan fingerprint density at radius 3 is 2.58 bits per heavy atom. The molecule has 1 saturated heterocycles. The molecule has 1 saturated carbocycles. The van der Waals surface area contributed by atoms with E-state index in [0.29, 0.717) is 12.0 Å². The SMILES string of the molecule is CS(=O)(=O)CCCN1CCCC1C1CCCCC1O. The van der Waals surface area contributed by atoms with E-state index >= 15 is 0 Å². The number of sulfone groups is 1. The quantitative estimate of drug-likeness (QED) is 0.832. The summed E-state index contributed by atoms with van der Waals surface area (Å²) in [6.45, 7) is 1.93. The monoisotopic (exact) mass is 289 g/mol. The summed E-state index contributed by atoms with van der Waals surface area (Å²) in [4.78, 5) is 2.42. The molecule has 2 rings (SSSR count). The molecule has 3 atom stereocenters. The summed E-state index contributed by atoms with van der Waals surface area (Å²) in [6.07, 6.45) is 8.69. The Kier molecular flexibility index (Phi) is 5.26. The van der Waals surface area contributed by atoms with Crippen molar-refractivity contribution >= 4 is 9.84 Å². The van der Waals surface area contributed by atoms with Crippen molar-refractivity contribution in [2.75, 3.05) is 25.1 Å². The fourth-order valence-corrected chi connectivity index (χ4v) is 4.39. The number of hydrogen-bond donors (Lipinski definition) is 1. The van der Waals surface area contributed by atoms with Crippen molar-refractivity contribution < 1.29 is 13.5 Å². The van der Waals surface area contributed by atoms with E-state index in [-0.39, 0.29) is 11.9 Å². The molecule has 1 heterocycles. The van der Waals surface area contributed by atoms with E-state index in [4.69, 9.17) is 0 Å². The second-order valence-electron chi connectivity index (χ2n) is 6.24. The molecular weight excluding hydrogens is 262 g/mol. The van der Waals surface area contributed by atoms with Gasteiger partial charge in [-0.3, -0.25) is 4.90 Å². The zero-order chi connectivity index (χ0) is 13.9. The highest BCUT2D eigenvalue weighted by Gasteiger charge is 2.36. The van der Waals surface area contributed by atoms with Gasteiger partial charge in [0, 0.05) is 18.2 Å². The summed E-state index contributed by atoms with van der Waals surface area (Å²) in [5.41, 5.74) is 0. The van der Waals surface area contributed by atoms with Gasteiger partial charge in [0.1, 0.15) is 9.84 Å². The zero-order valence-corrected chi connectivity index (χ0v) is 12.7. The Hall–Kier alpha value is -0.130. The van der Waals surface area contributed by atoms with Gasteiger partial charge >= 0.3 is 0 Å². The fourth-order valence-electron chi connectivity index (χ4n) is 3.73. The largest absolute Gasteiger partial charge is 0.393 e. The molecule has 112 valence electrons. The first-order valence-corrected chi connectivity index (χ1v) is 9.63. The minimum absolute atomic E-state index is 0.144.